The molecule has 0 aliphatic carbocycles. The first-order valence-corrected chi connectivity index (χ1v) is 0.224. The van der Waals surface area contributed by atoms with Crippen LogP contribution in [-0.4, -0.2) is 0 Å². The molecule has 0 spiro atoms. The SMILES string of the molecule is [C-]#N.[NH2-].[Zn+2]. The van der Waals surface area contributed by atoms with E-state index in [1.807, 2.05) is 0 Å². The molecule has 2 nitrogen and oxygen atoms in total. The molecule has 0 radical (unpaired) electrons. The second-order valence-corrected chi connectivity index (χ2v) is 0. The Labute approximate surface area is 38.2 Å². The van der Waals surface area contributed by atoms with Crippen molar-refractivity contribution in [3.8, 4) is 0 Å². The minimum absolute atomic E-state index is 0. The number of hydrogen-bond donors (Lipinski definition) is 0. The maximum atomic E-state index is 6.25. The van der Waals surface area contributed by atoms with Crippen LogP contribution in [-0.2, 0) is 19.5 Å². The fraction of sp³-hybridized carbons (Fsp3) is 0. The van der Waals surface area contributed by atoms with Crippen molar-refractivity contribution < 1.29 is 19.5 Å². The summed E-state index contributed by atoms with van der Waals surface area (Å²) in [7, 11) is 0. The summed E-state index contributed by atoms with van der Waals surface area (Å²) in [6.07, 6.45) is 0. The summed E-state index contributed by atoms with van der Waals surface area (Å²) in [4.78, 5) is 0. The molecule has 0 unspecified atom stereocenters. The molecule has 0 aromatic rings. The zero-order chi connectivity index (χ0) is 2.00. The third kappa shape index (κ3) is 444. The normalized spacial score (nSPS) is 0.500. The Morgan fingerprint density at radius 3 is 1.25 bits per heavy atom. The molecular weight excluding hydrogens is 105 g/mol. The van der Waals surface area contributed by atoms with E-state index in [1.54, 1.807) is 0 Å². The van der Waals surface area contributed by atoms with Gasteiger partial charge in [-0.3, -0.25) is 0 Å². The summed E-state index contributed by atoms with van der Waals surface area (Å²) in [6.45, 7) is 4.75. The zero-order valence-corrected chi connectivity index (χ0v) is 5.20. The second-order valence-electron chi connectivity index (χ2n) is 0. The first kappa shape index (κ1) is 33.4. The van der Waals surface area contributed by atoms with Crippen molar-refractivity contribution in [2.24, 2.45) is 0 Å². The van der Waals surface area contributed by atoms with E-state index in [0.29, 0.717) is 0 Å². The van der Waals surface area contributed by atoms with E-state index in [0.717, 1.165) is 0 Å². The van der Waals surface area contributed by atoms with Gasteiger partial charge in [-0.05, 0) is 0 Å². The number of nitrogens with two attached hydrogens (primary N) is 1. The van der Waals surface area contributed by atoms with Crippen LogP contribution in [0.1, 0.15) is 0 Å². The fourth-order valence-electron chi connectivity index (χ4n) is 0. The van der Waals surface area contributed by atoms with E-state index >= 15 is 0 Å². The second kappa shape index (κ2) is 2450. The summed E-state index contributed by atoms with van der Waals surface area (Å²) >= 11 is 0. The maximum absolute atomic E-state index is 6.25. The smallest absolute Gasteiger partial charge is 0.693 e. The number of nitrogens with zero attached hydrogens (tertiary/aromatic N) is 1. The van der Waals surface area contributed by atoms with Crippen molar-refractivity contribution in [3.05, 3.63) is 12.7 Å². The molecule has 3 heteroatoms. The van der Waals surface area contributed by atoms with Gasteiger partial charge < -0.3 is 18.0 Å². The molecule has 0 heterocycles. The van der Waals surface area contributed by atoms with Gasteiger partial charge in [-0.2, -0.15) is 0 Å². The predicted molar refractivity (Wildman–Crippen MR) is 10.3 cm³/mol. The molecule has 0 saturated carbocycles. The summed E-state index contributed by atoms with van der Waals surface area (Å²) in [5, 5.41) is 6.25. The number of hydrogen-bond acceptors (Lipinski definition) is 1. The molecule has 4 heavy (non-hydrogen) atoms. The Morgan fingerprint density at radius 2 is 1.25 bits per heavy atom. The van der Waals surface area contributed by atoms with Crippen LogP contribution < -0.4 is 0 Å². The average molecular weight is 107 g/mol. The Balaban J connectivity index is -0.00000000500. The first-order chi connectivity index (χ1) is 1.00. The van der Waals surface area contributed by atoms with Crippen LogP contribution in [0.4, 0.5) is 0 Å². The predicted octanol–water partition coefficient (Wildman–Crippen LogP) is 0.811. The van der Waals surface area contributed by atoms with E-state index in [9.17, 15) is 0 Å². The molecule has 0 rings (SSSR count). The topological polar surface area (TPSA) is 57.3 Å². The Kier molecular flexibility index (Phi) is 20500. The maximum Gasteiger partial charge on any atom is 2.00 e. The quantitative estimate of drug-likeness (QED) is 0.334. The third-order valence-electron chi connectivity index (χ3n) is 0. The van der Waals surface area contributed by atoms with Crippen molar-refractivity contribution in [1.82, 2.24) is 0 Å². The van der Waals surface area contributed by atoms with Gasteiger partial charge in [-0.1, -0.05) is 0 Å². The third-order valence-corrected chi connectivity index (χ3v) is 0. The summed E-state index contributed by atoms with van der Waals surface area (Å²) < 4.78 is 0. The van der Waals surface area contributed by atoms with E-state index in [4.69, 9.17) is 11.8 Å². The van der Waals surface area contributed by atoms with Crippen molar-refractivity contribution >= 4 is 0 Å². The van der Waals surface area contributed by atoms with Gasteiger partial charge in [-0.25, -0.2) is 0 Å². The molecule has 0 aromatic heterocycles. The minimum Gasteiger partial charge on any atom is -0.693 e. The molecule has 0 amide bonds. The van der Waals surface area contributed by atoms with Gasteiger partial charge in [0.2, 0.25) is 0 Å². The van der Waals surface area contributed by atoms with Crippen LogP contribution in [0.3, 0.4) is 0 Å². The summed E-state index contributed by atoms with van der Waals surface area (Å²) in [5.74, 6) is 0. The van der Waals surface area contributed by atoms with Crippen LogP contribution in [0.25, 0.3) is 6.15 Å². The monoisotopic (exact) mass is 106 g/mol. The van der Waals surface area contributed by atoms with Crippen molar-refractivity contribution in [2.75, 3.05) is 0 Å². The van der Waals surface area contributed by atoms with Crippen molar-refractivity contribution in [1.29, 1.82) is 5.26 Å². The van der Waals surface area contributed by atoms with Gasteiger partial charge in [0.25, 0.3) is 0 Å². The average Bonchev–Trinajstić information content (AvgIpc) is 1.00. The Bertz CT molecular complexity index is 10.8. The zero-order valence-electron chi connectivity index (χ0n) is 2.23. The fourth-order valence-corrected chi connectivity index (χ4v) is 0. The van der Waals surface area contributed by atoms with Crippen molar-refractivity contribution in [3.63, 3.8) is 0 Å². The van der Waals surface area contributed by atoms with E-state index in [-0.39, 0.29) is 25.6 Å². The molecule has 0 fully saturated rings. The van der Waals surface area contributed by atoms with Crippen LogP contribution in [0, 0.1) is 11.8 Å². The summed E-state index contributed by atoms with van der Waals surface area (Å²) in [5.41, 5.74) is 0. The van der Waals surface area contributed by atoms with Gasteiger partial charge in [0.15, 0.2) is 0 Å². The largest absolute Gasteiger partial charge is 2.00 e. The first-order valence-electron chi connectivity index (χ1n) is 0.224. The molecule has 0 atom stereocenters. The molecule has 18 valence electrons. The minimum atomic E-state index is 0. The van der Waals surface area contributed by atoms with Crippen LogP contribution in [0.15, 0.2) is 0 Å². The van der Waals surface area contributed by atoms with Gasteiger partial charge >= 0.3 is 19.5 Å². The molecular formula is CH2N2Zn. The van der Waals surface area contributed by atoms with Crippen LogP contribution >= 0.6 is 0 Å². The number of rotatable bonds is 0. The molecule has 0 aliphatic heterocycles. The van der Waals surface area contributed by atoms with Gasteiger partial charge in [-0.15, -0.1) is 0 Å². The molecule has 0 aliphatic rings. The summed E-state index contributed by atoms with van der Waals surface area (Å²) in [6, 6.07) is 0. The van der Waals surface area contributed by atoms with Gasteiger partial charge in [0.05, 0.1) is 0 Å². The van der Waals surface area contributed by atoms with Crippen molar-refractivity contribution in [2.45, 2.75) is 0 Å². The molecule has 0 saturated heterocycles. The van der Waals surface area contributed by atoms with E-state index in [1.165, 1.54) is 0 Å². The van der Waals surface area contributed by atoms with Crippen LogP contribution in [0.5, 0.6) is 0 Å². The van der Waals surface area contributed by atoms with E-state index < -0.39 is 0 Å². The Hall–Kier alpha value is 0.0734. The molecule has 2 N–H and O–H groups in total. The van der Waals surface area contributed by atoms with E-state index in [2.05, 4.69) is 0 Å². The standard InChI is InChI=1S/CN.H2N.Zn/c1-2;;/h;1H2;/q2*-1;+2. The molecule has 0 bridgehead atoms. The Morgan fingerprint density at radius 1 is 1.25 bits per heavy atom. The molecule has 0 aromatic carbocycles. The van der Waals surface area contributed by atoms with Gasteiger partial charge in [0, 0.05) is 0 Å². The van der Waals surface area contributed by atoms with Crippen LogP contribution in [0.2, 0.25) is 0 Å². The van der Waals surface area contributed by atoms with Gasteiger partial charge in [0.1, 0.15) is 0 Å².